The normalized spacial score (nSPS) is 19.9. The molecular weight excluding hydrogens is 993 g/mol. The van der Waals surface area contributed by atoms with Crippen LogP contribution in [0.15, 0.2) is 278 Å². The fourth-order valence-corrected chi connectivity index (χ4v) is 16.7. The van der Waals surface area contributed by atoms with Gasteiger partial charge in [-0.05, 0) is 158 Å². The van der Waals surface area contributed by atoms with Gasteiger partial charge in [0.1, 0.15) is 11.6 Å². The molecular formula is C78H56N4. The van der Waals surface area contributed by atoms with Gasteiger partial charge in [0.2, 0.25) is 0 Å². The van der Waals surface area contributed by atoms with Crippen LogP contribution in [0.3, 0.4) is 0 Å². The van der Waals surface area contributed by atoms with Crippen LogP contribution < -0.4 is 0 Å². The quantitative estimate of drug-likeness (QED) is 0.161. The van der Waals surface area contributed by atoms with Gasteiger partial charge in [0.05, 0.1) is 32.9 Å². The Bertz CT molecular complexity index is 4660. The van der Waals surface area contributed by atoms with E-state index in [1.54, 1.807) is 0 Å². The van der Waals surface area contributed by atoms with Crippen LogP contribution in [0.4, 0.5) is 0 Å². The molecule has 3 unspecified atom stereocenters. The lowest BCUT2D eigenvalue weighted by Crippen LogP contribution is -2.44. The van der Waals surface area contributed by atoms with Gasteiger partial charge in [-0.2, -0.15) is 0 Å². The maximum atomic E-state index is 5.74. The number of rotatable bonds is 5. The SMILES string of the molecule is C1=CCCC(n2c(C3C4=C(C=CCC4)C(c4nc5ccccc5n4-c4ccccc4)=C4CC(c5ccc6c(c5)C5(c7ccccc7-c7ccccc75)c5ccccc5C65c6ccccc6-c6ccccc65)C=CC43)nc3ccccc32)=C1. The standard InChI is InChI=1S/C78H56N4/c1-3-23-51(24-4-1)81-71-41-21-19-39-69(71)79-75(81)73-57-31-7-8-32-58(57)74(76-80-70-40-20-22-42-72(70)82(76)52-25-5-2-6-26-52)60-47-49(43-45-59(60)73)50-44-46-67-68(48-50)78(63-35-15-11-29-55(63)56-30-12-16-36-64(56)78)66-38-18-17-37-65(66)77(67)61-33-13-9-27-53(61)54-28-10-14-34-62(54)77/h1-3,5-6,8-23,25-30,32-46,48-49,59,73H,4,7,24,31,47H2. The molecule has 4 nitrogen and oxygen atoms in total. The Morgan fingerprint density at radius 3 is 1.61 bits per heavy atom. The minimum Gasteiger partial charge on any atom is -0.300 e. The number of fused-ring (bicyclic) bond motifs is 19. The van der Waals surface area contributed by atoms with Crippen molar-refractivity contribution >= 4 is 33.3 Å². The van der Waals surface area contributed by atoms with Gasteiger partial charge in [-0.1, -0.05) is 224 Å². The van der Waals surface area contributed by atoms with Gasteiger partial charge in [0, 0.05) is 34.7 Å². The highest BCUT2D eigenvalue weighted by Crippen LogP contribution is 2.68. The molecule has 388 valence electrons. The Labute approximate surface area is 477 Å². The lowest BCUT2D eigenvalue weighted by Gasteiger charge is -2.49. The second kappa shape index (κ2) is 17.4. The van der Waals surface area contributed by atoms with E-state index < -0.39 is 10.8 Å². The highest BCUT2D eigenvalue weighted by molar-refractivity contribution is 5.95. The molecule has 0 aliphatic heterocycles. The third kappa shape index (κ3) is 6.06. The molecule has 0 amide bonds. The van der Waals surface area contributed by atoms with Crippen LogP contribution in [0.25, 0.3) is 61.3 Å². The molecule has 82 heavy (non-hydrogen) atoms. The molecule has 2 heterocycles. The molecule has 4 heteroatoms. The zero-order valence-corrected chi connectivity index (χ0v) is 45.4. The van der Waals surface area contributed by atoms with Gasteiger partial charge < -0.3 is 0 Å². The molecule has 0 fully saturated rings. The Balaban J connectivity index is 0.916. The topological polar surface area (TPSA) is 35.6 Å². The zero-order chi connectivity index (χ0) is 53.7. The Morgan fingerprint density at radius 2 is 0.976 bits per heavy atom. The summed E-state index contributed by atoms with van der Waals surface area (Å²) in [6.07, 6.45) is 21.7. The Hall–Kier alpha value is -9.64. The first kappa shape index (κ1) is 46.1. The van der Waals surface area contributed by atoms with Crippen LogP contribution in [0.5, 0.6) is 0 Å². The second-order valence-electron chi connectivity index (χ2n) is 23.5. The van der Waals surface area contributed by atoms with E-state index in [9.17, 15) is 0 Å². The number of para-hydroxylation sites is 5. The van der Waals surface area contributed by atoms with Crippen molar-refractivity contribution in [1.29, 1.82) is 0 Å². The summed E-state index contributed by atoms with van der Waals surface area (Å²) in [7, 11) is 0. The zero-order valence-electron chi connectivity index (χ0n) is 45.4. The lowest BCUT2D eigenvalue weighted by atomic mass is 9.52. The summed E-state index contributed by atoms with van der Waals surface area (Å²) in [6, 6.07) is 82.7. The molecule has 2 aromatic heterocycles. The first-order valence-corrected chi connectivity index (χ1v) is 29.5. The average Bonchev–Trinajstić information content (AvgIpc) is 1.46. The summed E-state index contributed by atoms with van der Waals surface area (Å²) in [5, 5.41) is 0. The number of hydrogen-bond donors (Lipinski definition) is 0. The predicted octanol–water partition coefficient (Wildman–Crippen LogP) is 18.2. The molecule has 18 rings (SSSR count). The third-order valence-electron chi connectivity index (χ3n) is 19.8. The van der Waals surface area contributed by atoms with Crippen LogP contribution >= 0.6 is 0 Å². The van der Waals surface area contributed by atoms with Crippen molar-refractivity contribution in [2.45, 2.75) is 54.8 Å². The number of imidazole rings is 2. The maximum absolute atomic E-state index is 5.74. The highest BCUT2D eigenvalue weighted by Gasteiger charge is 2.59. The largest absolute Gasteiger partial charge is 0.300 e. The molecule has 7 aliphatic carbocycles. The summed E-state index contributed by atoms with van der Waals surface area (Å²) >= 11 is 0. The number of allylic oxidation sites excluding steroid dienone is 12. The van der Waals surface area contributed by atoms with Crippen molar-refractivity contribution in [2.75, 3.05) is 0 Å². The average molecular weight is 1050 g/mol. The summed E-state index contributed by atoms with van der Waals surface area (Å²) in [6.45, 7) is 0. The molecule has 0 N–H and O–H groups in total. The smallest absolute Gasteiger partial charge is 0.146 e. The van der Waals surface area contributed by atoms with E-state index >= 15 is 0 Å². The molecule has 0 saturated carbocycles. The van der Waals surface area contributed by atoms with Crippen molar-refractivity contribution in [3.63, 3.8) is 0 Å². The fraction of sp³-hybridized carbons (Fsp3) is 0.128. The first-order chi connectivity index (χ1) is 40.7. The van der Waals surface area contributed by atoms with Gasteiger partial charge in [-0.25, -0.2) is 9.97 Å². The molecule has 0 saturated heterocycles. The summed E-state index contributed by atoms with van der Waals surface area (Å²) in [4.78, 5) is 11.5. The van der Waals surface area contributed by atoms with Gasteiger partial charge in [-0.3, -0.25) is 9.13 Å². The van der Waals surface area contributed by atoms with Crippen LogP contribution in [0.2, 0.25) is 0 Å². The van der Waals surface area contributed by atoms with Crippen molar-refractivity contribution in [2.24, 2.45) is 5.92 Å². The van der Waals surface area contributed by atoms with Crippen molar-refractivity contribution in [3.05, 3.63) is 339 Å². The first-order valence-electron chi connectivity index (χ1n) is 29.5. The van der Waals surface area contributed by atoms with Gasteiger partial charge in [0.25, 0.3) is 0 Å². The third-order valence-corrected chi connectivity index (χ3v) is 19.8. The van der Waals surface area contributed by atoms with Crippen molar-refractivity contribution in [1.82, 2.24) is 19.1 Å². The predicted molar refractivity (Wildman–Crippen MR) is 333 cm³/mol. The highest BCUT2D eigenvalue weighted by atomic mass is 15.1. The number of hydrogen-bond acceptors (Lipinski definition) is 2. The Kier molecular flexibility index (Phi) is 9.81. The Morgan fingerprint density at radius 1 is 0.439 bits per heavy atom. The minimum absolute atomic E-state index is 0.0156. The minimum atomic E-state index is -0.580. The molecule has 3 atom stereocenters. The molecule has 0 radical (unpaired) electrons. The lowest BCUT2D eigenvalue weighted by molar-refractivity contribution is 0.526. The van der Waals surface area contributed by atoms with Gasteiger partial charge >= 0.3 is 0 Å². The molecule has 0 bridgehead atoms. The number of benzene rings is 9. The van der Waals surface area contributed by atoms with Crippen LogP contribution in [-0.4, -0.2) is 19.1 Å². The van der Waals surface area contributed by atoms with E-state index in [1.807, 2.05) is 0 Å². The van der Waals surface area contributed by atoms with E-state index in [1.165, 1.54) is 106 Å². The van der Waals surface area contributed by atoms with E-state index in [0.29, 0.717) is 0 Å². The van der Waals surface area contributed by atoms with Crippen LogP contribution in [0.1, 0.15) is 106 Å². The maximum Gasteiger partial charge on any atom is 0.146 e. The summed E-state index contributed by atoms with van der Waals surface area (Å²) < 4.78 is 4.98. The van der Waals surface area contributed by atoms with Gasteiger partial charge in [0.15, 0.2) is 0 Å². The molecule has 9 aromatic carbocycles. The molecule has 11 aromatic rings. The molecule has 2 spiro atoms. The summed E-state index contributed by atoms with van der Waals surface area (Å²) in [5.41, 5.74) is 28.5. The van der Waals surface area contributed by atoms with Gasteiger partial charge in [-0.15, -0.1) is 0 Å². The van der Waals surface area contributed by atoms with Crippen molar-refractivity contribution < 1.29 is 0 Å². The van der Waals surface area contributed by atoms with Crippen molar-refractivity contribution in [3.8, 4) is 27.9 Å². The monoisotopic (exact) mass is 1050 g/mol. The van der Waals surface area contributed by atoms with E-state index in [4.69, 9.17) is 9.97 Å². The van der Waals surface area contributed by atoms with E-state index in [0.717, 1.165) is 66.0 Å². The number of aromatic nitrogens is 4. The van der Waals surface area contributed by atoms with E-state index in [-0.39, 0.29) is 17.8 Å². The molecule has 7 aliphatic rings. The van der Waals surface area contributed by atoms with Crippen LogP contribution in [-0.2, 0) is 10.8 Å². The fourth-order valence-electron chi connectivity index (χ4n) is 16.7. The second-order valence-corrected chi connectivity index (χ2v) is 23.5. The summed E-state index contributed by atoms with van der Waals surface area (Å²) in [5.74, 6) is 2.26. The number of nitrogens with zero attached hydrogens (tertiary/aromatic N) is 4. The van der Waals surface area contributed by atoms with E-state index in [2.05, 4.69) is 270 Å². The van der Waals surface area contributed by atoms with Crippen LogP contribution in [0, 0.1) is 5.92 Å².